The zero-order valence-corrected chi connectivity index (χ0v) is 15.0. The lowest BCUT2D eigenvalue weighted by Gasteiger charge is -2.20. The van der Waals surface area contributed by atoms with E-state index in [2.05, 4.69) is 5.32 Å². The normalized spacial score (nSPS) is 23.9. The molecule has 1 fully saturated rings. The third-order valence-corrected chi connectivity index (χ3v) is 8.24. The monoisotopic (exact) mass is 361 g/mol. The fraction of sp³-hybridized carbons (Fsp3) is 0.600. The SMILES string of the molecule is CCc1ccc(S(=O)(=O)[C@H]2CS(=O)(=O)C[C@@H]2NCCOC)cc1. The Kier molecular flexibility index (Phi) is 5.83. The first-order valence-electron chi connectivity index (χ1n) is 7.55. The average Bonchev–Trinajstić information content (AvgIpc) is 2.83. The highest BCUT2D eigenvalue weighted by Crippen LogP contribution is 2.26. The molecule has 1 aromatic rings. The van der Waals surface area contributed by atoms with E-state index in [1.807, 2.05) is 6.92 Å². The maximum Gasteiger partial charge on any atom is 0.183 e. The number of aryl methyl sites for hydroxylation is 1. The summed E-state index contributed by atoms with van der Waals surface area (Å²) in [4.78, 5) is 0.176. The summed E-state index contributed by atoms with van der Waals surface area (Å²) < 4.78 is 54.4. The Bertz CT molecular complexity index is 726. The van der Waals surface area contributed by atoms with Crippen molar-refractivity contribution >= 4 is 19.7 Å². The number of hydrogen-bond donors (Lipinski definition) is 1. The summed E-state index contributed by atoms with van der Waals surface area (Å²) in [6.07, 6.45) is 0.819. The zero-order valence-electron chi connectivity index (χ0n) is 13.4. The van der Waals surface area contributed by atoms with Crippen LogP contribution in [0.15, 0.2) is 29.2 Å². The van der Waals surface area contributed by atoms with E-state index < -0.39 is 31.0 Å². The van der Waals surface area contributed by atoms with Gasteiger partial charge in [0.2, 0.25) is 0 Å². The number of nitrogens with one attached hydrogen (secondary N) is 1. The van der Waals surface area contributed by atoms with E-state index in [1.54, 1.807) is 24.3 Å². The summed E-state index contributed by atoms with van der Waals surface area (Å²) in [6, 6.07) is 6.05. The minimum absolute atomic E-state index is 0.159. The van der Waals surface area contributed by atoms with Crippen LogP contribution in [0.4, 0.5) is 0 Å². The van der Waals surface area contributed by atoms with E-state index in [0.29, 0.717) is 13.2 Å². The van der Waals surface area contributed by atoms with Crippen LogP contribution in [0.3, 0.4) is 0 Å². The molecular formula is C15H23NO5S2. The molecule has 0 spiro atoms. The van der Waals surface area contributed by atoms with Gasteiger partial charge >= 0.3 is 0 Å². The van der Waals surface area contributed by atoms with E-state index in [1.165, 1.54) is 7.11 Å². The van der Waals surface area contributed by atoms with Gasteiger partial charge in [-0.3, -0.25) is 0 Å². The van der Waals surface area contributed by atoms with Crippen LogP contribution in [0.5, 0.6) is 0 Å². The molecule has 2 rings (SSSR count). The Balaban J connectivity index is 2.27. The minimum Gasteiger partial charge on any atom is -0.383 e. The molecule has 0 saturated carbocycles. The van der Waals surface area contributed by atoms with E-state index >= 15 is 0 Å². The lowest BCUT2D eigenvalue weighted by atomic mass is 10.2. The fourth-order valence-electron chi connectivity index (χ4n) is 2.75. The largest absolute Gasteiger partial charge is 0.383 e. The number of benzene rings is 1. The molecule has 1 N–H and O–H groups in total. The third kappa shape index (κ3) is 4.32. The first-order valence-corrected chi connectivity index (χ1v) is 10.9. The van der Waals surface area contributed by atoms with Crippen molar-refractivity contribution in [3.8, 4) is 0 Å². The Hall–Kier alpha value is -0.960. The first-order chi connectivity index (χ1) is 10.8. The van der Waals surface area contributed by atoms with Crippen LogP contribution in [0.2, 0.25) is 0 Å². The van der Waals surface area contributed by atoms with Crippen LogP contribution < -0.4 is 5.32 Å². The summed E-state index contributed by atoms with van der Waals surface area (Å²) in [5.74, 6) is -0.497. The fourth-order valence-corrected chi connectivity index (χ4v) is 7.46. The molecule has 1 aliphatic heterocycles. The van der Waals surface area contributed by atoms with Crippen LogP contribution in [-0.4, -0.2) is 59.9 Å². The first kappa shape index (κ1) is 18.4. The standard InChI is InChI=1S/C15H23NO5S2/c1-3-12-4-6-13(7-5-12)23(19,20)15-11-22(17,18)10-14(15)16-8-9-21-2/h4-7,14-16H,3,8-11H2,1-2H3/t14-,15-/m0/s1. The molecule has 0 amide bonds. The van der Waals surface area contributed by atoms with Crippen molar-refractivity contribution in [3.05, 3.63) is 29.8 Å². The van der Waals surface area contributed by atoms with Gasteiger partial charge in [0, 0.05) is 19.7 Å². The van der Waals surface area contributed by atoms with Gasteiger partial charge < -0.3 is 10.1 Å². The maximum atomic E-state index is 12.8. The van der Waals surface area contributed by atoms with Gasteiger partial charge in [0.25, 0.3) is 0 Å². The van der Waals surface area contributed by atoms with Crippen molar-refractivity contribution in [1.29, 1.82) is 0 Å². The van der Waals surface area contributed by atoms with E-state index in [4.69, 9.17) is 4.74 Å². The molecule has 8 heteroatoms. The number of sulfone groups is 2. The van der Waals surface area contributed by atoms with Crippen LogP contribution in [0.1, 0.15) is 12.5 Å². The van der Waals surface area contributed by atoms with Crippen molar-refractivity contribution in [2.75, 3.05) is 31.8 Å². The van der Waals surface area contributed by atoms with E-state index in [0.717, 1.165) is 12.0 Å². The zero-order chi connectivity index (χ0) is 17.1. The van der Waals surface area contributed by atoms with Gasteiger partial charge in [0.15, 0.2) is 19.7 Å². The van der Waals surface area contributed by atoms with Crippen molar-refractivity contribution < 1.29 is 21.6 Å². The second-order valence-corrected chi connectivity index (χ2v) is 10.0. The van der Waals surface area contributed by atoms with Crippen molar-refractivity contribution in [2.45, 2.75) is 29.5 Å². The average molecular weight is 361 g/mol. The molecule has 0 aromatic heterocycles. The van der Waals surface area contributed by atoms with Crippen LogP contribution in [0, 0.1) is 0 Å². The number of ether oxygens (including phenoxy) is 1. The lowest BCUT2D eigenvalue weighted by Crippen LogP contribution is -2.44. The quantitative estimate of drug-likeness (QED) is 0.708. The Morgan fingerprint density at radius 2 is 1.87 bits per heavy atom. The molecule has 1 heterocycles. The Morgan fingerprint density at radius 1 is 1.22 bits per heavy atom. The van der Waals surface area contributed by atoms with Crippen molar-refractivity contribution in [1.82, 2.24) is 5.32 Å². The molecule has 6 nitrogen and oxygen atoms in total. The molecule has 1 aromatic carbocycles. The Morgan fingerprint density at radius 3 is 2.43 bits per heavy atom. The molecule has 1 saturated heterocycles. The second-order valence-electron chi connectivity index (χ2n) is 5.71. The molecule has 130 valence electrons. The van der Waals surface area contributed by atoms with Gasteiger partial charge in [-0.05, 0) is 24.1 Å². The third-order valence-electron chi connectivity index (χ3n) is 4.07. The van der Waals surface area contributed by atoms with Gasteiger partial charge in [-0.25, -0.2) is 16.8 Å². The summed E-state index contributed by atoms with van der Waals surface area (Å²) in [5, 5.41) is 2.04. The van der Waals surface area contributed by atoms with Gasteiger partial charge in [0.05, 0.1) is 28.3 Å². The van der Waals surface area contributed by atoms with E-state index in [-0.39, 0.29) is 16.4 Å². The highest BCUT2D eigenvalue weighted by Gasteiger charge is 2.45. The number of methoxy groups -OCH3 is 1. The minimum atomic E-state index is -3.70. The molecule has 0 bridgehead atoms. The van der Waals surface area contributed by atoms with Crippen LogP contribution >= 0.6 is 0 Å². The lowest BCUT2D eigenvalue weighted by molar-refractivity contribution is 0.196. The molecular weight excluding hydrogens is 338 g/mol. The van der Waals surface area contributed by atoms with E-state index in [9.17, 15) is 16.8 Å². The van der Waals surface area contributed by atoms with Crippen LogP contribution in [-0.2, 0) is 30.8 Å². The summed E-state index contributed by atoms with van der Waals surface area (Å²) in [7, 11) is -5.53. The van der Waals surface area contributed by atoms with Crippen molar-refractivity contribution in [2.24, 2.45) is 0 Å². The molecule has 0 aliphatic carbocycles. The summed E-state index contributed by atoms with van der Waals surface area (Å²) in [6.45, 7) is 2.80. The van der Waals surface area contributed by atoms with Crippen LogP contribution in [0.25, 0.3) is 0 Å². The maximum absolute atomic E-state index is 12.8. The molecule has 2 atom stereocenters. The second kappa shape index (κ2) is 7.29. The van der Waals surface area contributed by atoms with Gasteiger partial charge in [-0.15, -0.1) is 0 Å². The van der Waals surface area contributed by atoms with Gasteiger partial charge in [-0.1, -0.05) is 19.1 Å². The van der Waals surface area contributed by atoms with Gasteiger partial charge in [-0.2, -0.15) is 0 Å². The number of rotatable bonds is 7. The topological polar surface area (TPSA) is 89.5 Å². The van der Waals surface area contributed by atoms with Crippen molar-refractivity contribution in [3.63, 3.8) is 0 Å². The number of hydrogen-bond acceptors (Lipinski definition) is 6. The smallest absolute Gasteiger partial charge is 0.183 e. The highest BCUT2D eigenvalue weighted by atomic mass is 32.2. The molecule has 23 heavy (non-hydrogen) atoms. The molecule has 0 radical (unpaired) electrons. The highest BCUT2D eigenvalue weighted by molar-refractivity contribution is 7.96. The summed E-state index contributed by atoms with van der Waals surface area (Å²) >= 11 is 0. The molecule has 1 aliphatic rings. The predicted octanol–water partition coefficient (Wildman–Crippen LogP) is 0.424. The predicted molar refractivity (Wildman–Crippen MR) is 89.1 cm³/mol. The Labute approximate surface area is 138 Å². The summed E-state index contributed by atoms with van der Waals surface area (Å²) in [5.41, 5.74) is 1.04. The molecule has 0 unspecified atom stereocenters. The van der Waals surface area contributed by atoms with Gasteiger partial charge in [0.1, 0.15) is 0 Å².